The highest BCUT2D eigenvalue weighted by Crippen LogP contribution is 2.32. The molecule has 0 saturated carbocycles. The lowest BCUT2D eigenvalue weighted by Gasteiger charge is -2.24. The predicted molar refractivity (Wildman–Crippen MR) is 113 cm³/mol. The van der Waals surface area contributed by atoms with Gasteiger partial charge in [0.05, 0.1) is 13.2 Å². The van der Waals surface area contributed by atoms with Crippen LogP contribution < -0.4 is 9.47 Å². The van der Waals surface area contributed by atoms with Gasteiger partial charge in [0.25, 0.3) is 0 Å². The van der Waals surface area contributed by atoms with Crippen molar-refractivity contribution >= 4 is 0 Å². The van der Waals surface area contributed by atoms with E-state index in [0.29, 0.717) is 36.4 Å². The standard InChI is InChI=1S/C25H31FO2/c1-4-6-19-7-11-21(12-8-19)22-13-9-20(10-14-22)17-28-23-15-16-24(27-5-2)25(26)18(23)3/h7-9,11-13,15-16,20,22H,4-6,10,14,17H2,1-3H3. The molecule has 2 unspecified atom stereocenters. The molecular formula is C25H31FO2. The molecule has 0 heterocycles. The van der Waals surface area contributed by atoms with Crippen molar-refractivity contribution in [2.75, 3.05) is 13.2 Å². The predicted octanol–water partition coefficient (Wildman–Crippen LogP) is 6.61. The van der Waals surface area contributed by atoms with Gasteiger partial charge in [-0.1, -0.05) is 49.8 Å². The van der Waals surface area contributed by atoms with Crippen LogP contribution in [0.4, 0.5) is 4.39 Å². The van der Waals surface area contributed by atoms with Crippen molar-refractivity contribution in [2.45, 2.75) is 52.4 Å². The first-order valence-corrected chi connectivity index (χ1v) is 10.4. The van der Waals surface area contributed by atoms with E-state index in [-0.39, 0.29) is 11.6 Å². The van der Waals surface area contributed by atoms with Gasteiger partial charge in [0, 0.05) is 17.4 Å². The monoisotopic (exact) mass is 382 g/mol. The van der Waals surface area contributed by atoms with Crippen LogP contribution in [0.25, 0.3) is 0 Å². The number of ether oxygens (including phenoxy) is 2. The molecule has 0 amide bonds. The molecule has 0 spiro atoms. The number of rotatable bonds is 8. The van der Waals surface area contributed by atoms with Gasteiger partial charge in [0.1, 0.15) is 5.75 Å². The highest BCUT2D eigenvalue weighted by molar-refractivity contribution is 5.41. The Morgan fingerprint density at radius 1 is 0.929 bits per heavy atom. The van der Waals surface area contributed by atoms with Gasteiger partial charge in [0.15, 0.2) is 11.6 Å². The maximum atomic E-state index is 14.3. The average molecular weight is 383 g/mol. The first kappa shape index (κ1) is 20.4. The summed E-state index contributed by atoms with van der Waals surface area (Å²) in [5, 5.41) is 0. The molecule has 0 bridgehead atoms. The first-order valence-electron chi connectivity index (χ1n) is 10.4. The zero-order chi connectivity index (χ0) is 19.9. The van der Waals surface area contributed by atoms with Crippen LogP contribution in [0.2, 0.25) is 0 Å². The van der Waals surface area contributed by atoms with Crippen molar-refractivity contribution < 1.29 is 13.9 Å². The minimum Gasteiger partial charge on any atom is -0.493 e. The third-order valence-electron chi connectivity index (χ3n) is 5.46. The molecule has 3 heteroatoms. The number of benzene rings is 2. The minimum atomic E-state index is -0.329. The second kappa shape index (κ2) is 9.77. The van der Waals surface area contributed by atoms with Crippen molar-refractivity contribution in [3.63, 3.8) is 0 Å². The van der Waals surface area contributed by atoms with Crippen LogP contribution in [-0.2, 0) is 6.42 Å². The third kappa shape index (κ3) is 4.95. The summed E-state index contributed by atoms with van der Waals surface area (Å²) in [5.41, 5.74) is 3.31. The van der Waals surface area contributed by atoms with Crippen LogP contribution in [0, 0.1) is 18.7 Å². The second-order valence-corrected chi connectivity index (χ2v) is 7.57. The summed E-state index contributed by atoms with van der Waals surface area (Å²) in [6.07, 6.45) is 9.09. The molecule has 2 aromatic carbocycles. The van der Waals surface area contributed by atoms with Crippen LogP contribution in [0.15, 0.2) is 48.6 Å². The summed E-state index contributed by atoms with van der Waals surface area (Å²) in [5.74, 6) is 1.41. The van der Waals surface area contributed by atoms with E-state index in [1.165, 1.54) is 17.5 Å². The van der Waals surface area contributed by atoms with E-state index in [2.05, 4.69) is 43.3 Å². The van der Waals surface area contributed by atoms with Gasteiger partial charge < -0.3 is 9.47 Å². The fourth-order valence-corrected chi connectivity index (χ4v) is 3.78. The molecule has 0 aliphatic heterocycles. The van der Waals surface area contributed by atoms with Crippen LogP contribution in [0.5, 0.6) is 11.5 Å². The Kier molecular flexibility index (Phi) is 7.13. The van der Waals surface area contributed by atoms with E-state index in [0.717, 1.165) is 19.3 Å². The lowest BCUT2D eigenvalue weighted by atomic mass is 9.84. The van der Waals surface area contributed by atoms with Gasteiger partial charge >= 0.3 is 0 Å². The molecule has 0 fully saturated rings. The normalized spacial score (nSPS) is 18.9. The molecule has 3 rings (SSSR count). The number of hydrogen-bond acceptors (Lipinski definition) is 2. The van der Waals surface area contributed by atoms with E-state index < -0.39 is 0 Å². The third-order valence-corrected chi connectivity index (χ3v) is 5.46. The lowest BCUT2D eigenvalue weighted by molar-refractivity contribution is 0.256. The Bertz CT molecular complexity index is 795. The van der Waals surface area contributed by atoms with Gasteiger partial charge in [-0.25, -0.2) is 4.39 Å². The summed E-state index contributed by atoms with van der Waals surface area (Å²) >= 11 is 0. The molecule has 2 atom stereocenters. The van der Waals surface area contributed by atoms with E-state index >= 15 is 0 Å². The van der Waals surface area contributed by atoms with Crippen molar-refractivity contribution in [1.29, 1.82) is 0 Å². The first-order chi connectivity index (χ1) is 13.6. The average Bonchev–Trinajstić information content (AvgIpc) is 2.72. The Hall–Kier alpha value is -2.29. The van der Waals surface area contributed by atoms with Crippen LogP contribution in [0.1, 0.15) is 55.7 Å². The highest BCUT2D eigenvalue weighted by atomic mass is 19.1. The molecule has 28 heavy (non-hydrogen) atoms. The Balaban J connectivity index is 1.56. The topological polar surface area (TPSA) is 18.5 Å². The van der Waals surface area contributed by atoms with Crippen LogP contribution in [-0.4, -0.2) is 13.2 Å². The zero-order valence-corrected chi connectivity index (χ0v) is 17.2. The zero-order valence-electron chi connectivity index (χ0n) is 17.2. The van der Waals surface area contributed by atoms with Gasteiger partial charge in [-0.15, -0.1) is 0 Å². The molecule has 0 saturated heterocycles. The maximum absolute atomic E-state index is 14.3. The molecule has 0 N–H and O–H groups in total. The molecule has 2 aromatic rings. The summed E-state index contributed by atoms with van der Waals surface area (Å²) in [6, 6.07) is 12.5. The van der Waals surface area contributed by atoms with E-state index in [1.54, 1.807) is 19.1 Å². The Morgan fingerprint density at radius 3 is 2.32 bits per heavy atom. The number of allylic oxidation sites excluding steroid dienone is 1. The Morgan fingerprint density at radius 2 is 1.68 bits per heavy atom. The van der Waals surface area contributed by atoms with Crippen molar-refractivity contribution in [1.82, 2.24) is 0 Å². The van der Waals surface area contributed by atoms with Crippen molar-refractivity contribution in [3.8, 4) is 11.5 Å². The van der Waals surface area contributed by atoms with Crippen LogP contribution in [0.3, 0.4) is 0 Å². The molecule has 0 radical (unpaired) electrons. The summed E-state index contributed by atoms with van der Waals surface area (Å²) in [4.78, 5) is 0. The summed E-state index contributed by atoms with van der Waals surface area (Å²) < 4.78 is 25.5. The number of aryl methyl sites for hydroxylation is 1. The van der Waals surface area contributed by atoms with Gasteiger partial charge in [-0.05, 0) is 56.4 Å². The van der Waals surface area contributed by atoms with Crippen molar-refractivity contribution in [2.24, 2.45) is 5.92 Å². The molecule has 0 aromatic heterocycles. The molecule has 2 nitrogen and oxygen atoms in total. The number of hydrogen-bond donors (Lipinski definition) is 0. The maximum Gasteiger partial charge on any atom is 0.171 e. The van der Waals surface area contributed by atoms with E-state index in [1.807, 2.05) is 6.92 Å². The summed E-state index contributed by atoms with van der Waals surface area (Å²) in [6.45, 7) is 6.83. The Labute approximate surface area is 168 Å². The number of halogens is 1. The fraction of sp³-hybridized carbons (Fsp3) is 0.440. The van der Waals surface area contributed by atoms with E-state index in [9.17, 15) is 4.39 Å². The SMILES string of the molecule is CCCc1ccc(C2C=CC(COc3ccc(OCC)c(F)c3C)CC2)cc1. The van der Waals surface area contributed by atoms with Gasteiger partial charge in [-0.3, -0.25) is 0 Å². The van der Waals surface area contributed by atoms with Crippen LogP contribution >= 0.6 is 0 Å². The smallest absolute Gasteiger partial charge is 0.171 e. The summed E-state index contributed by atoms with van der Waals surface area (Å²) in [7, 11) is 0. The molecule has 1 aliphatic rings. The second-order valence-electron chi connectivity index (χ2n) is 7.57. The quantitative estimate of drug-likeness (QED) is 0.478. The fourth-order valence-electron chi connectivity index (χ4n) is 3.78. The lowest BCUT2D eigenvalue weighted by Crippen LogP contribution is -2.15. The van der Waals surface area contributed by atoms with E-state index in [4.69, 9.17) is 9.47 Å². The minimum absolute atomic E-state index is 0.290. The molecule has 150 valence electrons. The molecular weight excluding hydrogens is 351 g/mol. The van der Waals surface area contributed by atoms with Gasteiger partial charge in [0.2, 0.25) is 0 Å². The molecule has 1 aliphatic carbocycles. The largest absolute Gasteiger partial charge is 0.493 e. The van der Waals surface area contributed by atoms with Crippen molar-refractivity contribution in [3.05, 3.63) is 71.1 Å². The highest BCUT2D eigenvalue weighted by Gasteiger charge is 2.19. The van der Waals surface area contributed by atoms with Gasteiger partial charge in [-0.2, -0.15) is 0 Å².